The molecule has 18 heavy (non-hydrogen) atoms. The minimum atomic E-state index is -0.377. The molecule has 0 radical (unpaired) electrons. The molecule has 0 saturated heterocycles. The van der Waals surface area contributed by atoms with Crippen molar-refractivity contribution in [1.82, 2.24) is 10.1 Å². The zero-order valence-electron chi connectivity index (χ0n) is 8.88. The average molecular weight is 280 g/mol. The van der Waals surface area contributed by atoms with Crippen molar-refractivity contribution >= 4 is 44.2 Å². The van der Waals surface area contributed by atoms with Crippen LogP contribution in [0.2, 0.25) is 5.02 Å². The van der Waals surface area contributed by atoms with Gasteiger partial charge in [0.15, 0.2) is 5.13 Å². The molecule has 0 aliphatic carbocycles. The molecule has 1 N–H and O–H groups in total. The van der Waals surface area contributed by atoms with Crippen molar-refractivity contribution in [3.63, 3.8) is 0 Å². The Kier molecular flexibility index (Phi) is 2.73. The van der Waals surface area contributed by atoms with Gasteiger partial charge in [-0.05, 0) is 18.2 Å². The lowest BCUT2D eigenvalue weighted by atomic mass is 10.3. The number of thiazole rings is 1. The number of rotatable bonds is 2. The van der Waals surface area contributed by atoms with Gasteiger partial charge in [-0.1, -0.05) is 28.1 Å². The highest BCUT2D eigenvalue weighted by atomic mass is 35.5. The summed E-state index contributed by atoms with van der Waals surface area (Å²) in [4.78, 5) is 16.0. The lowest BCUT2D eigenvalue weighted by molar-refractivity contribution is 0.0988. The van der Waals surface area contributed by atoms with Gasteiger partial charge in [0.25, 0.3) is 5.91 Å². The number of carbonyl (C=O) groups excluding carboxylic acids is 1. The predicted octanol–water partition coefficient (Wildman–Crippen LogP) is 3.19. The highest BCUT2D eigenvalue weighted by molar-refractivity contribution is 7.22. The van der Waals surface area contributed by atoms with Crippen LogP contribution in [0.3, 0.4) is 0 Å². The number of aromatic nitrogens is 2. The van der Waals surface area contributed by atoms with E-state index >= 15 is 0 Å². The van der Waals surface area contributed by atoms with Gasteiger partial charge in [0, 0.05) is 11.1 Å². The molecule has 3 rings (SSSR count). The maximum Gasteiger partial charge on any atom is 0.296 e. The smallest absolute Gasteiger partial charge is 0.296 e. The number of anilines is 1. The predicted molar refractivity (Wildman–Crippen MR) is 69.1 cm³/mol. The molecule has 2 heterocycles. The monoisotopic (exact) mass is 279 g/mol. The number of halogens is 1. The topological polar surface area (TPSA) is 68.0 Å². The van der Waals surface area contributed by atoms with Crippen LogP contribution in [0, 0.1) is 0 Å². The van der Waals surface area contributed by atoms with Crippen LogP contribution in [0.4, 0.5) is 5.13 Å². The lowest BCUT2D eigenvalue weighted by Crippen LogP contribution is -2.10. The van der Waals surface area contributed by atoms with Gasteiger partial charge < -0.3 is 4.52 Å². The molecule has 5 nitrogen and oxygen atoms in total. The Bertz CT molecular complexity index is 708. The zero-order chi connectivity index (χ0) is 12.5. The van der Waals surface area contributed by atoms with Crippen LogP contribution in [0.25, 0.3) is 10.2 Å². The summed E-state index contributed by atoms with van der Waals surface area (Å²) in [7, 11) is 0. The fraction of sp³-hybridized carbons (Fsp3) is 0. The second kappa shape index (κ2) is 4.40. The molecule has 0 atom stereocenters. The van der Waals surface area contributed by atoms with Crippen LogP contribution in [0.1, 0.15) is 10.6 Å². The molecule has 0 spiro atoms. The Morgan fingerprint density at radius 3 is 3.06 bits per heavy atom. The molecule has 0 fully saturated rings. The Hall–Kier alpha value is -1.92. The highest BCUT2D eigenvalue weighted by Crippen LogP contribution is 2.28. The van der Waals surface area contributed by atoms with Crippen molar-refractivity contribution in [2.75, 3.05) is 5.32 Å². The standard InChI is InChI=1S/C11H6ClN3O2S/c12-6-1-2-7-9(5-6)18-11(14-7)15-10(16)8-3-4-13-17-8/h1-5H,(H,14,15,16). The van der Waals surface area contributed by atoms with Crippen LogP contribution >= 0.6 is 22.9 Å². The van der Waals surface area contributed by atoms with E-state index in [1.54, 1.807) is 18.2 Å². The molecule has 0 unspecified atom stereocenters. The van der Waals surface area contributed by atoms with E-state index in [2.05, 4.69) is 15.5 Å². The van der Waals surface area contributed by atoms with E-state index in [-0.39, 0.29) is 11.7 Å². The Morgan fingerprint density at radius 2 is 2.28 bits per heavy atom. The zero-order valence-corrected chi connectivity index (χ0v) is 10.5. The summed E-state index contributed by atoms with van der Waals surface area (Å²) in [5, 5.41) is 7.25. The van der Waals surface area contributed by atoms with E-state index in [1.807, 2.05) is 0 Å². The number of carbonyl (C=O) groups is 1. The second-order valence-corrected chi connectivity index (χ2v) is 4.93. The number of hydrogen-bond donors (Lipinski definition) is 1. The maximum absolute atomic E-state index is 11.7. The summed E-state index contributed by atoms with van der Waals surface area (Å²) >= 11 is 7.23. The van der Waals surface area contributed by atoms with Crippen molar-refractivity contribution in [2.24, 2.45) is 0 Å². The van der Waals surface area contributed by atoms with Crippen LogP contribution in [0.15, 0.2) is 35.0 Å². The third kappa shape index (κ3) is 2.07. The van der Waals surface area contributed by atoms with Crippen LogP contribution in [-0.4, -0.2) is 16.0 Å². The minimum Gasteiger partial charge on any atom is -0.351 e. The van der Waals surface area contributed by atoms with E-state index < -0.39 is 0 Å². The Labute approximate surface area is 110 Å². The summed E-state index contributed by atoms with van der Waals surface area (Å²) in [5.41, 5.74) is 0.789. The van der Waals surface area contributed by atoms with Gasteiger partial charge in [0.1, 0.15) is 0 Å². The van der Waals surface area contributed by atoms with Gasteiger partial charge in [-0.25, -0.2) is 4.98 Å². The van der Waals surface area contributed by atoms with Gasteiger partial charge in [-0.3, -0.25) is 10.1 Å². The molecule has 0 saturated carbocycles. The van der Waals surface area contributed by atoms with Crippen molar-refractivity contribution in [3.05, 3.63) is 41.2 Å². The lowest BCUT2D eigenvalue weighted by Gasteiger charge is -1.95. The fourth-order valence-corrected chi connectivity index (χ4v) is 2.58. The molecular formula is C11H6ClN3O2S. The second-order valence-electron chi connectivity index (χ2n) is 3.46. The first-order valence-electron chi connectivity index (χ1n) is 5.00. The number of nitrogens with one attached hydrogen (secondary N) is 1. The molecule has 2 aromatic heterocycles. The molecule has 1 aromatic carbocycles. The summed E-state index contributed by atoms with van der Waals surface area (Å²) in [6.07, 6.45) is 1.41. The molecular weight excluding hydrogens is 274 g/mol. The van der Waals surface area contributed by atoms with Crippen molar-refractivity contribution < 1.29 is 9.32 Å². The summed E-state index contributed by atoms with van der Waals surface area (Å²) in [6, 6.07) is 6.85. The van der Waals surface area contributed by atoms with Crippen LogP contribution in [-0.2, 0) is 0 Å². The van der Waals surface area contributed by atoms with Crippen molar-refractivity contribution in [2.45, 2.75) is 0 Å². The largest absolute Gasteiger partial charge is 0.351 e. The van der Waals surface area contributed by atoms with Crippen molar-refractivity contribution in [1.29, 1.82) is 0 Å². The number of amides is 1. The number of hydrogen-bond acceptors (Lipinski definition) is 5. The first-order chi connectivity index (χ1) is 8.72. The highest BCUT2D eigenvalue weighted by Gasteiger charge is 2.12. The SMILES string of the molecule is O=C(Nc1nc2ccc(Cl)cc2s1)c1ccno1. The maximum atomic E-state index is 11.7. The molecule has 7 heteroatoms. The number of fused-ring (bicyclic) bond motifs is 1. The molecule has 0 aliphatic heterocycles. The van der Waals surface area contributed by atoms with Gasteiger partial charge in [-0.2, -0.15) is 0 Å². The normalized spacial score (nSPS) is 10.7. The number of nitrogens with zero attached hydrogens (tertiary/aromatic N) is 2. The van der Waals surface area contributed by atoms with Gasteiger partial charge >= 0.3 is 0 Å². The van der Waals surface area contributed by atoms with E-state index in [9.17, 15) is 4.79 Å². The van der Waals surface area contributed by atoms with Gasteiger partial charge in [0.2, 0.25) is 5.76 Å². The summed E-state index contributed by atoms with van der Waals surface area (Å²) < 4.78 is 5.67. The Balaban J connectivity index is 1.89. The number of benzene rings is 1. The molecule has 1 amide bonds. The van der Waals surface area contributed by atoms with Gasteiger partial charge in [0.05, 0.1) is 16.4 Å². The van der Waals surface area contributed by atoms with Crippen molar-refractivity contribution in [3.8, 4) is 0 Å². The van der Waals surface area contributed by atoms with Crippen LogP contribution in [0.5, 0.6) is 0 Å². The molecule has 0 aliphatic rings. The molecule has 90 valence electrons. The quantitative estimate of drug-likeness (QED) is 0.782. The Morgan fingerprint density at radius 1 is 1.39 bits per heavy atom. The minimum absolute atomic E-state index is 0.146. The molecule has 3 aromatic rings. The third-order valence-electron chi connectivity index (χ3n) is 2.23. The van der Waals surface area contributed by atoms with E-state index in [0.29, 0.717) is 10.2 Å². The molecule has 0 bridgehead atoms. The van der Waals surface area contributed by atoms with Crippen LogP contribution < -0.4 is 5.32 Å². The third-order valence-corrected chi connectivity index (χ3v) is 3.40. The van der Waals surface area contributed by atoms with Gasteiger partial charge in [-0.15, -0.1) is 0 Å². The van der Waals surface area contributed by atoms with E-state index in [4.69, 9.17) is 16.1 Å². The summed E-state index contributed by atoms with van der Waals surface area (Å²) in [5.74, 6) is -0.232. The summed E-state index contributed by atoms with van der Waals surface area (Å²) in [6.45, 7) is 0. The fourth-order valence-electron chi connectivity index (χ4n) is 1.44. The average Bonchev–Trinajstić information content (AvgIpc) is 2.95. The van der Waals surface area contributed by atoms with E-state index in [0.717, 1.165) is 10.2 Å². The first-order valence-corrected chi connectivity index (χ1v) is 6.20. The first kappa shape index (κ1) is 11.2. The van der Waals surface area contributed by atoms with E-state index in [1.165, 1.54) is 23.6 Å².